The summed E-state index contributed by atoms with van der Waals surface area (Å²) in [5.74, 6) is -1.14. The second-order valence-electron chi connectivity index (χ2n) is 7.48. The van der Waals surface area contributed by atoms with Crippen molar-refractivity contribution in [3.05, 3.63) is 23.8 Å². The van der Waals surface area contributed by atoms with Crippen LogP contribution < -0.4 is 5.32 Å². The maximum absolute atomic E-state index is 12.9. The predicted molar refractivity (Wildman–Crippen MR) is 107 cm³/mol. The molecular weight excluding hydrogens is 396 g/mol. The normalized spacial score (nSPS) is 18.9. The second kappa shape index (κ2) is 9.69. The highest BCUT2D eigenvalue weighted by Crippen LogP contribution is 2.25. The molecule has 1 N–H and O–H groups in total. The Labute approximate surface area is 171 Å². The largest absolute Gasteiger partial charge is 0.455 e. The number of ether oxygens (including phenoxy) is 2. The first-order valence-electron chi connectivity index (χ1n) is 10.0. The number of piperidine rings is 1. The zero-order chi connectivity index (χ0) is 20.9. The van der Waals surface area contributed by atoms with Gasteiger partial charge in [-0.2, -0.15) is 4.31 Å². The van der Waals surface area contributed by atoms with Crippen molar-refractivity contribution in [1.82, 2.24) is 4.31 Å². The summed E-state index contributed by atoms with van der Waals surface area (Å²) < 4.78 is 37.5. The van der Waals surface area contributed by atoms with Gasteiger partial charge in [0.15, 0.2) is 6.61 Å². The van der Waals surface area contributed by atoms with Crippen LogP contribution in [0.2, 0.25) is 0 Å². The molecule has 9 heteroatoms. The Kier molecular flexibility index (Phi) is 7.26. The molecule has 0 spiro atoms. The van der Waals surface area contributed by atoms with Gasteiger partial charge in [-0.25, -0.2) is 8.42 Å². The number of sulfonamides is 1. The molecule has 2 heterocycles. The van der Waals surface area contributed by atoms with Crippen LogP contribution in [0.5, 0.6) is 0 Å². The van der Waals surface area contributed by atoms with Crippen LogP contribution >= 0.6 is 0 Å². The molecule has 29 heavy (non-hydrogen) atoms. The summed E-state index contributed by atoms with van der Waals surface area (Å²) in [7, 11) is -3.59. The minimum Gasteiger partial charge on any atom is -0.455 e. The molecule has 1 amide bonds. The van der Waals surface area contributed by atoms with Crippen molar-refractivity contribution < 1.29 is 27.5 Å². The van der Waals surface area contributed by atoms with Crippen LogP contribution in [0.3, 0.4) is 0 Å². The summed E-state index contributed by atoms with van der Waals surface area (Å²) in [6.07, 6.45) is 3.93. The fourth-order valence-corrected chi connectivity index (χ4v) is 5.07. The fraction of sp³-hybridized carbons (Fsp3) is 0.600. The molecule has 2 fully saturated rings. The second-order valence-corrected chi connectivity index (χ2v) is 9.42. The van der Waals surface area contributed by atoms with E-state index in [4.69, 9.17) is 9.47 Å². The summed E-state index contributed by atoms with van der Waals surface area (Å²) >= 11 is 0. The van der Waals surface area contributed by atoms with E-state index in [0.717, 1.165) is 24.8 Å². The lowest BCUT2D eigenvalue weighted by Gasteiger charge is -2.26. The van der Waals surface area contributed by atoms with Crippen LogP contribution in [0, 0.1) is 12.8 Å². The molecule has 3 rings (SSSR count). The number of benzene rings is 1. The van der Waals surface area contributed by atoms with E-state index in [9.17, 15) is 18.0 Å². The fourth-order valence-electron chi connectivity index (χ4n) is 3.52. The highest BCUT2D eigenvalue weighted by Gasteiger charge is 2.27. The Morgan fingerprint density at radius 3 is 2.55 bits per heavy atom. The summed E-state index contributed by atoms with van der Waals surface area (Å²) in [6, 6.07) is 4.69. The van der Waals surface area contributed by atoms with Crippen molar-refractivity contribution in [3.63, 3.8) is 0 Å². The molecular formula is C20H28N2O6S. The van der Waals surface area contributed by atoms with Gasteiger partial charge in [0, 0.05) is 32.0 Å². The lowest BCUT2D eigenvalue weighted by Crippen LogP contribution is -2.35. The molecule has 1 aromatic carbocycles. The van der Waals surface area contributed by atoms with Crippen molar-refractivity contribution in [3.8, 4) is 0 Å². The van der Waals surface area contributed by atoms with Gasteiger partial charge in [0.05, 0.1) is 10.8 Å². The zero-order valence-electron chi connectivity index (χ0n) is 16.7. The molecule has 2 saturated heterocycles. The van der Waals surface area contributed by atoms with E-state index >= 15 is 0 Å². The first-order valence-corrected chi connectivity index (χ1v) is 11.5. The molecule has 1 aromatic rings. The first kappa shape index (κ1) is 21.7. The standard InChI is InChI=1S/C20H28N2O6S/c1-15-5-6-17(29(25,26)22-9-3-2-4-10-22)13-18(15)21-19(23)14-28-20(24)16-7-11-27-12-8-16/h5-6,13,16H,2-4,7-12,14H2,1H3,(H,21,23). The Balaban J connectivity index is 1.62. The molecule has 0 bridgehead atoms. The van der Waals surface area contributed by atoms with Gasteiger partial charge in [0.25, 0.3) is 5.91 Å². The molecule has 2 aliphatic rings. The van der Waals surface area contributed by atoms with E-state index in [1.54, 1.807) is 19.1 Å². The van der Waals surface area contributed by atoms with Crippen LogP contribution in [-0.4, -0.2) is 57.5 Å². The number of nitrogens with zero attached hydrogens (tertiary/aromatic N) is 1. The van der Waals surface area contributed by atoms with Gasteiger partial charge in [-0.1, -0.05) is 12.5 Å². The topological polar surface area (TPSA) is 102 Å². The van der Waals surface area contributed by atoms with Gasteiger partial charge in [-0.05, 0) is 50.3 Å². The molecule has 0 atom stereocenters. The lowest BCUT2D eigenvalue weighted by atomic mass is 10.0. The van der Waals surface area contributed by atoms with E-state index in [0.29, 0.717) is 44.8 Å². The maximum Gasteiger partial charge on any atom is 0.309 e. The average Bonchev–Trinajstić information content (AvgIpc) is 2.74. The number of carbonyl (C=O) groups excluding carboxylic acids is 2. The number of anilines is 1. The summed E-state index contributed by atoms with van der Waals surface area (Å²) in [6.45, 7) is 3.44. The van der Waals surface area contributed by atoms with Crippen molar-refractivity contribution in [1.29, 1.82) is 0 Å². The van der Waals surface area contributed by atoms with Crippen LogP contribution in [-0.2, 0) is 29.1 Å². The molecule has 0 unspecified atom stereocenters. The van der Waals surface area contributed by atoms with Crippen LogP contribution in [0.15, 0.2) is 23.1 Å². The number of rotatable bonds is 6. The number of hydrogen-bond donors (Lipinski definition) is 1. The number of hydrogen-bond acceptors (Lipinski definition) is 6. The molecule has 2 aliphatic heterocycles. The van der Waals surface area contributed by atoms with E-state index in [1.165, 1.54) is 10.4 Å². The number of esters is 1. The van der Waals surface area contributed by atoms with Crippen molar-refractivity contribution in [2.24, 2.45) is 5.92 Å². The van der Waals surface area contributed by atoms with Gasteiger partial charge in [-0.15, -0.1) is 0 Å². The Morgan fingerprint density at radius 1 is 1.17 bits per heavy atom. The number of aryl methyl sites for hydroxylation is 1. The SMILES string of the molecule is Cc1ccc(S(=O)(=O)N2CCCCC2)cc1NC(=O)COC(=O)C1CCOCC1. The molecule has 8 nitrogen and oxygen atoms in total. The molecule has 0 aromatic heterocycles. The smallest absolute Gasteiger partial charge is 0.309 e. The summed E-state index contributed by atoms with van der Waals surface area (Å²) in [5.41, 5.74) is 1.13. The van der Waals surface area contributed by atoms with Crippen molar-refractivity contribution >= 4 is 27.6 Å². The molecule has 0 saturated carbocycles. The maximum atomic E-state index is 12.9. The van der Waals surface area contributed by atoms with Crippen LogP contribution in [0.25, 0.3) is 0 Å². The Bertz CT molecular complexity index is 843. The van der Waals surface area contributed by atoms with Gasteiger partial charge >= 0.3 is 5.97 Å². The number of carbonyl (C=O) groups is 2. The van der Waals surface area contributed by atoms with Gasteiger partial charge in [0.2, 0.25) is 10.0 Å². The predicted octanol–water partition coefficient (Wildman–Crippen LogP) is 2.08. The minimum absolute atomic E-state index is 0.152. The highest BCUT2D eigenvalue weighted by atomic mass is 32.2. The minimum atomic E-state index is -3.59. The van der Waals surface area contributed by atoms with Crippen molar-refractivity contribution in [2.45, 2.75) is 43.9 Å². The van der Waals surface area contributed by atoms with Crippen LogP contribution in [0.1, 0.15) is 37.7 Å². The molecule has 0 aliphatic carbocycles. The van der Waals surface area contributed by atoms with E-state index in [2.05, 4.69) is 5.32 Å². The third-order valence-corrected chi connectivity index (χ3v) is 7.23. The summed E-state index contributed by atoms with van der Waals surface area (Å²) in [4.78, 5) is 24.4. The molecule has 160 valence electrons. The lowest BCUT2D eigenvalue weighted by molar-refractivity contribution is -0.154. The number of amides is 1. The zero-order valence-corrected chi connectivity index (χ0v) is 17.5. The summed E-state index contributed by atoms with van der Waals surface area (Å²) in [5, 5.41) is 2.66. The van der Waals surface area contributed by atoms with E-state index < -0.39 is 28.5 Å². The Hall–Kier alpha value is -1.97. The number of nitrogens with one attached hydrogen (secondary N) is 1. The van der Waals surface area contributed by atoms with Gasteiger partial charge in [0.1, 0.15) is 0 Å². The quantitative estimate of drug-likeness (QED) is 0.702. The molecule has 0 radical (unpaired) electrons. The highest BCUT2D eigenvalue weighted by molar-refractivity contribution is 7.89. The van der Waals surface area contributed by atoms with Crippen LogP contribution in [0.4, 0.5) is 5.69 Å². The Morgan fingerprint density at radius 2 is 1.86 bits per heavy atom. The van der Waals surface area contributed by atoms with E-state index in [1.807, 2.05) is 0 Å². The van der Waals surface area contributed by atoms with Crippen molar-refractivity contribution in [2.75, 3.05) is 38.2 Å². The van der Waals surface area contributed by atoms with Gasteiger partial charge < -0.3 is 14.8 Å². The van der Waals surface area contributed by atoms with Gasteiger partial charge in [-0.3, -0.25) is 9.59 Å². The van der Waals surface area contributed by atoms with E-state index in [-0.39, 0.29) is 10.8 Å². The average molecular weight is 425 g/mol. The third kappa shape index (κ3) is 5.55. The third-order valence-electron chi connectivity index (χ3n) is 5.34. The first-order chi connectivity index (χ1) is 13.9. The monoisotopic (exact) mass is 424 g/mol.